The quantitative estimate of drug-likeness (QED) is 0.830. The van der Waals surface area contributed by atoms with Crippen LogP contribution in [0.3, 0.4) is 0 Å². The zero-order valence-electron chi connectivity index (χ0n) is 10.9. The molecule has 4 rings (SSSR count). The first kappa shape index (κ1) is 11.4. The van der Waals surface area contributed by atoms with Gasteiger partial charge in [-0.2, -0.15) is 0 Å². The van der Waals surface area contributed by atoms with Crippen molar-refractivity contribution in [3.8, 4) is 0 Å². The van der Waals surface area contributed by atoms with Gasteiger partial charge in [0.1, 0.15) is 0 Å². The van der Waals surface area contributed by atoms with Crippen molar-refractivity contribution in [2.24, 2.45) is 23.7 Å². The summed E-state index contributed by atoms with van der Waals surface area (Å²) in [5, 5.41) is 3.81. The number of rotatable bonds is 4. The highest BCUT2D eigenvalue weighted by molar-refractivity contribution is 7.98. The molecule has 3 aliphatic carbocycles. The Morgan fingerprint density at radius 3 is 2.39 bits per heavy atom. The van der Waals surface area contributed by atoms with Crippen molar-refractivity contribution < 1.29 is 0 Å². The van der Waals surface area contributed by atoms with Gasteiger partial charge in [0.25, 0.3) is 0 Å². The summed E-state index contributed by atoms with van der Waals surface area (Å²) in [6, 6.07) is 9.87. The molecule has 0 radical (unpaired) electrons. The number of benzene rings is 1. The van der Waals surface area contributed by atoms with Crippen LogP contribution in [0.2, 0.25) is 0 Å². The maximum Gasteiger partial charge on any atom is 0.0208 e. The Balaban J connectivity index is 1.34. The van der Waals surface area contributed by atoms with Crippen LogP contribution in [0, 0.1) is 23.7 Å². The number of thioether (sulfide) groups is 1. The van der Waals surface area contributed by atoms with Gasteiger partial charge in [-0.25, -0.2) is 0 Å². The molecule has 1 aromatic rings. The molecule has 4 unspecified atom stereocenters. The summed E-state index contributed by atoms with van der Waals surface area (Å²) >= 11 is 1.82. The van der Waals surface area contributed by atoms with Crippen molar-refractivity contribution in [1.82, 2.24) is 5.32 Å². The number of hydrogen-bond donors (Lipinski definition) is 1. The van der Waals surface area contributed by atoms with E-state index < -0.39 is 0 Å². The van der Waals surface area contributed by atoms with Crippen LogP contribution < -0.4 is 5.32 Å². The van der Waals surface area contributed by atoms with Crippen molar-refractivity contribution in [2.45, 2.75) is 36.7 Å². The van der Waals surface area contributed by atoms with E-state index in [0.29, 0.717) is 0 Å². The number of hydrogen-bond acceptors (Lipinski definition) is 2. The SMILES string of the molecule is CSc1ccc(CNC2C3C4CCC(C4)C23)cc1. The number of fused-ring (bicyclic) bond motifs is 5. The molecule has 96 valence electrons. The maximum absolute atomic E-state index is 3.81. The Morgan fingerprint density at radius 2 is 1.78 bits per heavy atom. The molecule has 1 aromatic carbocycles. The second-order valence-corrected chi connectivity index (χ2v) is 7.12. The summed E-state index contributed by atoms with van der Waals surface area (Å²) in [6.07, 6.45) is 6.73. The summed E-state index contributed by atoms with van der Waals surface area (Å²) in [4.78, 5) is 1.36. The Morgan fingerprint density at radius 1 is 1.11 bits per heavy atom. The number of nitrogens with one attached hydrogen (secondary N) is 1. The van der Waals surface area contributed by atoms with E-state index in [2.05, 4.69) is 35.8 Å². The maximum atomic E-state index is 3.81. The van der Waals surface area contributed by atoms with E-state index in [1.54, 1.807) is 6.42 Å². The average molecular weight is 259 g/mol. The normalized spacial score (nSPS) is 39.9. The summed E-state index contributed by atoms with van der Waals surface area (Å²) in [7, 11) is 0. The Labute approximate surface area is 114 Å². The van der Waals surface area contributed by atoms with E-state index >= 15 is 0 Å². The van der Waals surface area contributed by atoms with E-state index in [-0.39, 0.29) is 0 Å². The molecule has 0 heterocycles. The Bertz CT molecular complexity index is 425. The summed E-state index contributed by atoms with van der Waals surface area (Å²) in [5.41, 5.74) is 1.44. The van der Waals surface area contributed by atoms with Crippen LogP contribution in [-0.2, 0) is 6.54 Å². The predicted octanol–water partition coefficient (Wildman–Crippen LogP) is 3.54. The van der Waals surface area contributed by atoms with Crippen LogP contribution >= 0.6 is 11.8 Å². The van der Waals surface area contributed by atoms with Gasteiger partial charge >= 0.3 is 0 Å². The van der Waals surface area contributed by atoms with Gasteiger partial charge in [0, 0.05) is 17.5 Å². The third-order valence-electron chi connectivity index (χ3n) is 5.44. The highest BCUT2D eigenvalue weighted by Crippen LogP contribution is 2.65. The van der Waals surface area contributed by atoms with Crippen LogP contribution in [0.4, 0.5) is 0 Å². The minimum atomic E-state index is 0.858. The van der Waals surface area contributed by atoms with Crippen molar-refractivity contribution in [3.05, 3.63) is 29.8 Å². The smallest absolute Gasteiger partial charge is 0.0208 e. The van der Waals surface area contributed by atoms with E-state index in [0.717, 1.165) is 36.3 Å². The largest absolute Gasteiger partial charge is 0.309 e. The lowest BCUT2D eigenvalue weighted by Gasteiger charge is -2.10. The molecule has 3 saturated carbocycles. The molecular weight excluding hydrogens is 238 g/mol. The van der Waals surface area contributed by atoms with E-state index in [9.17, 15) is 0 Å². The second-order valence-electron chi connectivity index (χ2n) is 6.24. The molecule has 3 fully saturated rings. The molecule has 0 aliphatic heterocycles. The topological polar surface area (TPSA) is 12.0 Å². The van der Waals surface area contributed by atoms with Gasteiger partial charge in [0.15, 0.2) is 0 Å². The van der Waals surface area contributed by atoms with Gasteiger partial charge in [0.05, 0.1) is 0 Å². The fraction of sp³-hybridized carbons (Fsp3) is 0.625. The molecule has 3 aliphatic rings. The first-order valence-corrected chi connectivity index (χ1v) is 8.45. The zero-order chi connectivity index (χ0) is 12.1. The summed E-state index contributed by atoms with van der Waals surface area (Å²) < 4.78 is 0. The molecular formula is C16H21NS. The van der Waals surface area contributed by atoms with Crippen LogP contribution in [0.25, 0.3) is 0 Å². The minimum Gasteiger partial charge on any atom is -0.309 e. The second kappa shape index (κ2) is 4.28. The third-order valence-corrected chi connectivity index (χ3v) is 6.18. The molecule has 2 bridgehead atoms. The first-order chi connectivity index (χ1) is 8.86. The molecule has 1 N–H and O–H groups in total. The van der Waals surface area contributed by atoms with Gasteiger partial charge in [-0.15, -0.1) is 11.8 Å². The van der Waals surface area contributed by atoms with Crippen LogP contribution in [0.5, 0.6) is 0 Å². The van der Waals surface area contributed by atoms with Gasteiger partial charge in [-0.1, -0.05) is 12.1 Å². The average Bonchev–Trinajstić information content (AvgIpc) is 2.81. The molecule has 0 spiro atoms. The molecule has 0 aromatic heterocycles. The van der Waals surface area contributed by atoms with Crippen LogP contribution in [-0.4, -0.2) is 12.3 Å². The van der Waals surface area contributed by atoms with Crippen molar-refractivity contribution >= 4 is 11.8 Å². The highest BCUT2D eigenvalue weighted by atomic mass is 32.2. The molecule has 0 amide bonds. The summed E-state index contributed by atoms with van der Waals surface area (Å²) in [5.74, 6) is 4.26. The minimum absolute atomic E-state index is 0.858. The first-order valence-electron chi connectivity index (χ1n) is 7.23. The van der Waals surface area contributed by atoms with Gasteiger partial charge in [-0.05, 0) is 66.9 Å². The Hall–Kier alpha value is -0.470. The van der Waals surface area contributed by atoms with Crippen LogP contribution in [0.15, 0.2) is 29.2 Å². The highest BCUT2D eigenvalue weighted by Gasteiger charge is 2.64. The monoisotopic (exact) mass is 259 g/mol. The zero-order valence-corrected chi connectivity index (χ0v) is 11.7. The lowest BCUT2D eigenvalue weighted by Crippen LogP contribution is -2.22. The summed E-state index contributed by atoms with van der Waals surface area (Å²) in [6.45, 7) is 1.06. The standard InChI is InChI=1S/C16H21NS/c1-18-13-6-2-10(3-7-13)9-17-16-14-11-4-5-12(8-11)15(14)16/h2-3,6-7,11-12,14-17H,4-5,8-9H2,1H3. The fourth-order valence-corrected chi connectivity index (χ4v) is 4.99. The van der Waals surface area contributed by atoms with E-state index in [1.165, 1.54) is 23.3 Å². The molecule has 1 nitrogen and oxygen atoms in total. The van der Waals surface area contributed by atoms with Gasteiger partial charge < -0.3 is 5.32 Å². The molecule has 4 atom stereocenters. The third kappa shape index (κ3) is 1.73. The molecule has 2 heteroatoms. The van der Waals surface area contributed by atoms with Crippen molar-refractivity contribution in [3.63, 3.8) is 0 Å². The van der Waals surface area contributed by atoms with E-state index in [4.69, 9.17) is 0 Å². The fourth-order valence-electron chi connectivity index (χ4n) is 4.58. The van der Waals surface area contributed by atoms with Crippen molar-refractivity contribution in [1.29, 1.82) is 0 Å². The molecule has 18 heavy (non-hydrogen) atoms. The van der Waals surface area contributed by atoms with E-state index in [1.807, 2.05) is 11.8 Å². The predicted molar refractivity (Wildman–Crippen MR) is 76.7 cm³/mol. The molecule has 0 saturated heterocycles. The van der Waals surface area contributed by atoms with Gasteiger partial charge in [-0.3, -0.25) is 0 Å². The lowest BCUT2D eigenvalue weighted by molar-refractivity contribution is 0.456. The van der Waals surface area contributed by atoms with Crippen LogP contribution in [0.1, 0.15) is 24.8 Å². The lowest BCUT2D eigenvalue weighted by atomic mass is 10.0. The van der Waals surface area contributed by atoms with Gasteiger partial charge in [0.2, 0.25) is 0 Å². The van der Waals surface area contributed by atoms with Crippen molar-refractivity contribution in [2.75, 3.05) is 6.26 Å². The Kier molecular flexibility index (Phi) is 2.70.